The maximum absolute atomic E-state index is 11.9. The molecule has 1 aromatic heterocycles. The predicted octanol–water partition coefficient (Wildman–Crippen LogP) is -1.77. The number of nitrogen functional groups attached to an aromatic ring is 1. The van der Waals surface area contributed by atoms with Gasteiger partial charge in [0.05, 0.1) is 6.54 Å². The monoisotopic (exact) mass is 254 g/mol. The number of amides is 1. The molecular weight excluding hydrogens is 240 g/mol. The summed E-state index contributed by atoms with van der Waals surface area (Å²) in [4.78, 5) is 29.6. The summed E-state index contributed by atoms with van der Waals surface area (Å²) >= 11 is 0. The van der Waals surface area contributed by atoms with E-state index in [0.29, 0.717) is 26.2 Å². The fourth-order valence-electron chi connectivity index (χ4n) is 1.82. The number of hydrogen-bond acceptors (Lipinski definition) is 6. The zero-order valence-corrected chi connectivity index (χ0v) is 9.67. The lowest BCUT2D eigenvalue weighted by Gasteiger charge is -2.33. The second-order valence-corrected chi connectivity index (χ2v) is 4.00. The third-order valence-corrected chi connectivity index (χ3v) is 2.72. The molecule has 0 aromatic carbocycles. The van der Waals surface area contributed by atoms with Crippen LogP contribution in [-0.4, -0.2) is 74.7 Å². The molecule has 0 atom stereocenters. The third-order valence-electron chi connectivity index (χ3n) is 2.72. The van der Waals surface area contributed by atoms with Gasteiger partial charge in [-0.3, -0.25) is 19.6 Å². The molecule has 0 spiro atoms. The van der Waals surface area contributed by atoms with Crippen LogP contribution in [0.1, 0.15) is 10.6 Å². The molecule has 2 rings (SSSR count). The van der Waals surface area contributed by atoms with Crippen molar-refractivity contribution in [2.24, 2.45) is 0 Å². The number of H-pyrrole nitrogens is 1. The molecule has 0 unspecified atom stereocenters. The second-order valence-electron chi connectivity index (χ2n) is 4.00. The second kappa shape index (κ2) is 5.00. The van der Waals surface area contributed by atoms with Gasteiger partial charge in [0, 0.05) is 26.2 Å². The van der Waals surface area contributed by atoms with E-state index in [1.807, 2.05) is 0 Å². The molecule has 1 fully saturated rings. The molecule has 0 saturated carbocycles. The number of piperazine rings is 1. The Hall–Kier alpha value is -2.16. The van der Waals surface area contributed by atoms with E-state index >= 15 is 0 Å². The van der Waals surface area contributed by atoms with Gasteiger partial charge >= 0.3 is 5.97 Å². The van der Waals surface area contributed by atoms with E-state index in [4.69, 9.17) is 10.8 Å². The number of aromatic nitrogens is 3. The molecule has 1 aliphatic heterocycles. The van der Waals surface area contributed by atoms with E-state index in [0.717, 1.165) is 0 Å². The quantitative estimate of drug-likeness (QED) is 0.582. The smallest absolute Gasteiger partial charge is 0.317 e. The molecule has 0 radical (unpaired) electrons. The van der Waals surface area contributed by atoms with Crippen LogP contribution in [-0.2, 0) is 4.79 Å². The zero-order chi connectivity index (χ0) is 13.1. The van der Waals surface area contributed by atoms with Gasteiger partial charge in [0.1, 0.15) is 0 Å². The number of nitrogens with zero attached hydrogens (tertiary/aromatic N) is 4. The molecule has 18 heavy (non-hydrogen) atoms. The van der Waals surface area contributed by atoms with E-state index in [9.17, 15) is 9.59 Å². The van der Waals surface area contributed by atoms with Crippen molar-refractivity contribution in [3.8, 4) is 0 Å². The van der Waals surface area contributed by atoms with E-state index in [-0.39, 0.29) is 24.2 Å². The number of carbonyl (C=O) groups is 2. The van der Waals surface area contributed by atoms with Crippen molar-refractivity contribution in [3.05, 3.63) is 5.82 Å². The van der Waals surface area contributed by atoms with Crippen LogP contribution >= 0.6 is 0 Å². The van der Waals surface area contributed by atoms with Gasteiger partial charge in [0.25, 0.3) is 5.91 Å². The minimum absolute atomic E-state index is 0.00269. The van der Waals surface area contributed by atoms with Crippen molar-refractivity contribution in [1.82, 2.24) is 25.0 Å². The van der Waals surface area contributed by atoms with Gasteiger partial charge in [0.15, 0.2) is 0 Å². The van der Waals surface area contributed by atoms with Crippen LogP contribution in [0.25, 0.3) is 0 Å². The van der Waals surface area contributed by atoms with Crippen molar-refractivity contribution in [1.29, 1.82) is 0 Å². The minimum atomic E-state index is -0.863. The summed E-state index contributed by atoms with van der Waals surface area (Å²) in [6.45, 7) is 1.99. The number of carbonyl (C=O) groups excluding carboxylic acids is 1. The highest BCUT2D eigenvalue weighted by Gasteiger charge is 2.24. The van der Waals surface area contributed by atoms with Crippen LogP contribution in [0.3, 0.4) is 0 Å². The molecule has 9 heteroatoms. The fourth-order valence-corrected chi connectivity index (χ4v) is 1.82. The molecule has 0 bridgehead atoms. The highest BCUT2D eigenvalue weighted by atomic mass is 16.4. The largest absolute Gasteiger partial charge is 0.480 e. The minimum Gasteiger partial charge on any atom is -0.480 e. The summed E-state index contributed by atoms with van der Waals surface area (Å²) in [5, 5.41) is 14.7. The van der Waals surface area contributed by atoms with Crippen LogP contribution < -0.4 is 5.73 Å². The topological polar surface area (TPSA) is 128 Å². The number of carboxylic acid groups (broad SMARTS) is 1. The Kier molecular flexibility index (Phi) is 3.42. The van der Waals surface area contributed by atoms with E-state index in [1.54, 1.807) is 9.80 Å². The van der Waals surface area contributed by atoms with Gasteiger partial charge in [0.2, 0.25) is 11.8 Å². The Bertz CT molecular complexity index is 451. The summed E-state index contributed by atoms with van der Waals surface area (Å²) in [7, 11) is 0. The Morgan fingerprint density at radius 2 is 2.00 bits per heavy atom. The highest BCUT2D eigenvalue weighted by Crippen LogP contribution is 2.06. The summed E-state index contributed by atoms with van der Waals surface area (Å²) < 4.78 is 0. The summed E-state index contributed by atoms with van der Waals surface area (Å²) in [5.41, 5.74) is 5.33. The van der Waals surface area contributed by atoms with E-state index in [2.05, 4.69) is 15.2 Å². The number of aliphatic carboxylic acids is 1. The number of nitrogens with one attached hydrogen (secondary N) is 1. The molecule has 0 aliphatic carbocycles. The van der Waals surface area contributed by atoms with Crippen molar-refractivity contribution in [2.75, 3.05) is 38.5 Å². The third kappa shape index (κ3) is 2.74. The van der Waals surface area contributed by atoms with Crippen LogP contribution in [0.4, 0.5) is 5.95 Å². The van der Waals surface area contributed by atoms with Crippen LogP contribution in [0.15, 0.2) is 0 Å². The first-order chi connectivity index (χ1) is 8.56. The first-order valence-electron chi connectivity index (χ1n) is 5.47. The van der Waals surface area contributed by atoms with Crippen molar-refractivity contribution >= 4 is 17.8 Å². The number of carboxylic acids is 1. The maximum Gasteiger partial charge on any atom is 0.317 e. The van der Waals surface area contributed by atoms with Gasteiger partial charge in [-0.05, 0) is 0 Å². The van der Waals surface area contributed by atoms with Crippen molar-refractivity contribution < 1.29 is 14.7 Å². The molecule has 2 heterocycles. The Morgan fingerprint density at radius 1 is 1.33 bits per heavy atom. The van der Waals surface area contributed by atoms with Gasteiger partial charge in [-0.1, -0.05) is 0 Å². The number of nitrogens with two attached hydrogens (primary N) is 1. The fraction of sp³-hybridized carbons (Fsp3) is 0.556. The lowest BCUT2D eigenvalue weighted by Crippen LogP contribution is -2.50. The molecule has 1 saturated heterocycles. The average Bonchev–Trinajstić information content (AvgIpc) is 2.75. The molecule has 1 amide bonds. The summed E-state index contributed by atoms with van der Waals surface area (Å²) in [5.74, 6) is -0.992. The number of rotatable bonds is 3. The number of aromatic amines is 1. The van der Waals surface area contributed by atoms with Gasteiger partial charge < -0.3 is 15.7 Å². The average molecular weight is 254 g/mol. The van der Waals surface area contributed by atoms with Gasteiger partial charge in [-0.25, -0.2) is 0 Å². The molecule has 9 nitrogen and oxygen atoms in total. The summed E-state index contributed by atoms with van der Waals surface area (Å²) in [6, 6.07) is 0. The van der Waals surface area contributed by atoms with E-state index in [1.165, 1.54) is 0 Å². The lowest BCUT2D eigenvalue weighted by molar-refractivity contribution is -0.138. The highest BCUT2D eigenvalue weighted by molar-refractivity contribution is 5.90. The molecule has 1 aromatic rings. The Morgan fingerprint density at radius 3 is 2.50 bits per heavy atom. The van der Waals surface area contributed by atoms with Crippen LogP contribution in [0, 0.1) is 0 Å². The van der Waals surface area contributed by atoms with E-state index < -0.39 is 5.97 Å². The molecular formula is C9H14N6O3. The lowest BCUT2D eigenvalue weighted by atomic mass is 10.3. The maximum atomic E-state index is 11.9. The molecule has 4 N–H and O–H groups in total. The predicted molar refractivity (Wildman–Crippen MR) is 60.8 cm³/mol. The Balaban J connectivity index is 1.90. The standard InChI is InChI=1S/C9H14N6O3/c10-9-11-7(12-13-9)8(18)15-3-1-14(2-4-15)5-6(16)17/h1-5H2,(H,16,17)(H3,10,11,12,13). The zero-order valence-electron chi connectivity index (χ0n) is 9.67. The SMILES string of the molecule is Nc1n[nH]c(C(=O)N2CCN(CC(=O)O)CC2)n1. The number of anilines is 1. The van der Waals surface area contributed by atoms with Gasteiger partial charge in [-0.15, -0.1) is 5.10 Å². The first-order valence-corrected chi connectivity index (χ1v) is 5.47. The van der Waals surface area contributed by atoms with Crippen molar-refractivity contribution in [2.45, 2.75) is 0 Å². The Labute approximate surface area is 103 Å². The van der Waals surface area contributed by atoms with Crippen LogP contribution in [0.5, 0.6) is 0 Å². The van der Waals surface area contributed by atoms with Crippen molar-refractivity contribution in [3.63, 3.8) is 0 Å². The normalized spacial score (nSPS) is 16.8. The first kappa shape index (κ1) is 12.3. The number of hydrogen-bond donors (Lipinski definition) is 3. The van der Waals surface area contributed by atoms with Gasteiger partial charge in [-0.2, -0.15) is 4.98 Å². The van der Waals surface area contributed by atoms with Crippen LogP contribution in [0.2, 0.25) is 0 Å². The molecule has 1 aliphatic rings. The summed E-state index contributed by atoms with van der Waals surface area (Å²) in [6.07, 6.45) is 0. The molecule has 98 valence electrons.